The Labute approximate surface area is 194 Å². The molecule has 4 amide bonds. The van der Waals surface area contributed by atoms with Gasteiger partial charge in [0.25, 0.3) is 0 Å². The fraction of sp³-hybridized carbons (Fsp3) is 0.762. The second kappa shape index (κ2) is 14.4. The van der Waals surface area contributed by atoms with Gasteiger partial charge in [0.05, 0.1) is 6.10 Å². The molecule has 6 atom stereocenters. The Balaban J connectivity index is 5.63. The molecule has 0 aliphatic rings. The van der Waals surface area contributed by atoms with Gasteiger partial charge in [-0.3, -0.25) is 19.2 Å². The van der Waals surface area contributed by atoms with E-state index >= 15 is 0 Å². The summed E-state index contributed by atoms with van der Waals surface area (Å²) in [5.41, 5.74) is 10.8. The predicted molar refractivity (Wildman–Crippen MR) is 120 cm³/mol. The number of rotatable bonds is 15. The van der Waals surface area contributed by atoms with Crippen LogP contribution < -0.4 is 27.4 Å². The smallest absolute Gasteiger partial charge is 0.326 e. The number of aliphatic hydroxyl groups is 1. The van der Waals surface area contributed by atoms with Crippen LogP contribution in [0.4, 0.5) is 0 Å². The van der Waals surface area contributed by atoms with Crippen LogP contribution >= 0.6 is 0 Å². The molecular formula is C21H39N5O7. The Morgan fingerprint density at radius 2 is 1.39 bits per heavy atom. The van der Waals surface area contributed by atoms with Crippen molar-refractivity contribution >= 4 is 29.6 Å². The first-order valence-corrected chi connectivity index (χ1v) is 11.1. The number of hydrogen-bond donors (Lipinski definition) is 7. The molecule has 0 aromatic rings. The Kier molecular flexibility index (Phi) is 13.2. The van der Waals surface area contributed by atoms with Gasteiger partial charge in [-0.05, 0) is 31.6 Å². The van der Waals surface area contributed by atoms with E-state index in [4.69, 9.17) is 11.5 Å². The minimum atomic E-state index is -1.26. The maximum Gasteiger partial charge on any atom is 0.326 e. The lowest BCUT2D eigenvalue weighted by Gasteiger charge is -2.27. The molecule has 12 nitrogen and oxygen atoms in total. The zero-order valence-electron chi connectivity index (χ0n) is 20.0. The number of aliphatic hydroxyl groups excluding tert-OH is 1. The van der Waals surface area contributed by atoms with E-state index in [-0.39, 0.29) is 31.1 Å². The maximum atomic E-state index is 12.9. The molecule has 0 spiro atoms. The standard InChI is InChI=1S/C21H39N5O7/c1-6-11(4)17(21(32)33)26-18(29)13(7-8-15(22)28)24-19(30)14(9-10(2)3)25-20(31)16(23)12(5)27/h10-14,16-17,27H,6-9,23H2,1-5H3,(H2,22,28)(H,24,30)(H,25,31)(H,26,29)(H,32,33). The van der Waals surface area contributed by atoms with Crippen molar-refractivity contribution in [3.05, 3.63) is 0 Å². The highest BCUT2D eigenvalue weighted by atomic mass is 16.4. The van der Waals surface area contributed by atoms with Gasteiger partial charge >= 0.3 is 5.97 Å². The first-order valence-electron chi connectivity index (χ1n) is 11.1. The summed E-state index contributed by atoms with van der Waals surface area (Å²) in [6.07, 6.45) is -0.834. The van der Waals surface area contributed by atoms with E-state index in [1.807, 2.05) is 13.8 Å². The molecule has 0 bridgehead atoms. The van der Waals surface area contributed by atoms with Gasteiger partial charge in [0, 0.05) is 6.42 Å². The van der Waals surface area contributed by atoms with Crippen LogP contribution in [-0.2, 0) is 24.0 Å². The van der Waals surface area contributed by atoms with Crippen molar-refractivity contribution in [2.45, 2.75) is 90.6 Å². The van der Waals surface area contributed by atoms with Crippen LogP contribution in [0.1, 0.15) is 60.3 Å². The number of carboxylic acid groups (broad SMARTS) is 1. The molecule has 0 heterocycles. The number of carboxylic acids is 1. The predicted octanol–water partition coefficient (Wildman–Crippen LogP) is -1.41. The number of hydrogen-bond acceptors (Lipinski definition) is 7. The van der Waals surface area contributed by atoms with Gasteiger partial charge in [0.1, 0.15) is 24.2 Å². The average molecular weight is 474 g/mol. The highest BCUT2D eigenvalue weighted by Gasteiger charge is 2.32. The van der Waals surface area contributed by atoms with Crippen molar-refractivity contribution < 1.29 is 34.2 Å². The number of aliphatic carboxylic acids is 1. The number of carbonyl (C=O) groups is 5. The molecule has 0 aromatic carbocycles. The Morgan fingerprint density at radius 3 is 1.82 bits per heavy atom. The third-order valence-electron chi connectivity index (χ3n) is 5.25. The average Bonchev–Trinajstić information content (AvgIpc) is 2.71. The lowest BCUT2D eigenvalue weighted by Crippen LogP contribution is -2.58. The summed E-state index contributed by atoms with van der Waals surface area (Å²) in [6, 6.07) is -4.78. The molecule has 0 saturated carbocycles. The van der Waals surface area contributed by atoms with Gasteiger partial charge in [0.2, 0.25) is 23.6 Å². The van der Waals surface area contributed by atoms with Crippen molar-refractivity contribution in [3.63, 3.8) is 0 Å². The molecule has 33 heavy (non-hydrogen) atoms. The van der Waals surface area contributed by atoms with E-state index in [2.05, 4.69) is 16.0 Å². The van der Waals surface area contributed by atoms with Crippen LogP contribution in [0, 0.1) is 11.8 Å². The van der Waals surface area contributed by atoms with Gasteiger partial charge in [-0.25, -0.2) is 4.79 Å². The fourth-order valence-electron chi connectivity index (χ4n) is 2.95. The van der Waals surface area contributed by atoms with Crippen molar-refractivity contribution in [1.82, 2.24) is 16.0 Å². The highest BCUT2D eigenvalue weighted by molar-refractivity contribution is 5.94. The van der Waals surface area contributed by atoms with Crippen molar-refractivity contribution in [3.8, 4) is 0 Å². The Morgan fingerprint density at radius 1 is 0.879 bits per heavy atom. The van der Waals surface area contributed by atoms with Gasteiger partial charge in [-0.2, -0.15) is 0 Å². The Hall–Kier alpha value is -2.73. The molecule has 9 N–H and O–H groups in total. The molecule has 0 fully saturated rings. The summed E-state index contributed by atoms with van der Waals surface area (Å²) in [5.74, 6) is -4.57. The number of nitrogens with one attached hydrogen (secondary N) is 3. The van der Waals surface area contributed by atoms with Gasteiger partial charge in [-0.1, -0.05) is 34.1 Å². The van der Waals surface area contributed by atoms with Gasteiger partial charge < -0.3 is 37.6 Å². The summed E-state index contributed by atoms with van der Waals surface area (Å²) >= 11 is 0. The normalized spacial score (nSPS) is 16.6. The van der Waals surface area contributed by atoms with Crippen LogP contribution in [0.3, 0.4) is 0 Å². The van der Waals surface area contributed by atoms with E-state index < -0.39 is 59.9 Å². The summed E-state index contributed by atoms with van der Waals surface area (Å²) in [5, 5.41) is 26.3. The highest BCUT2D eigenvalue weighted by Crippen LogP contribution is 2.11. The molecule has 0 rings (SSSR count). The summed E-state index contributed by atoms with van der Waals surface area (Å²) < 4.78 is 0. The second-order valence-electron chi connectivity index (χ2n) is 8.73. The van der Waals surface area contributed by atoms with E-state index in [1.54, 1.807) is 13.8 Å². The fourth-order valence-corrected chi connectivity index (χ4v) is 2.95. The van der Waals surface area contributed by atoms with Gasteiger partial charge in [-0.15, -0.1) is 0 Å². The second-order valence-corrected chi connectivity index (χ2v) is 8.73. The van der Waals surface area contributed by atoms with E-state index in [9.17, 15) is 34.2 Å². The third kappa shape index (κ3) is 11.1. The number of primary amides is 1. The zero-order valence-corrected chi connectivity index (χ0v) is 20.0. The van der Waals surface area contributed by atoms with Gasteiger partial charge in [0.15, 0.2) is 0 Å². The first-order chi connectivity index (χ1) is 15.2. The molecular weight excluding hydrogens is 434 g/mol. The number of nitrogens with two attached hydrogens (primary N) is 2. The minimum Gasteiger partial charge on any atom is -0.480 e. The quantitative estimate of drug-likeness (QED) is 0.150. The van der Waals surface area contributed by atoms with Crippen LogP contribution in [0.2, 0.25) is 0 Å². The number of amides is 4. The zero-order chi connectivity index (χ0) is 25.9. The molecule has 0 aromatic heterocycles. The van der Waals surface area contributed by atoms with E-state index in [0.717, 1.165) is 0 Å². The molecule has 190 valence electrons. The molecule has 6 unspecified atom stereocenters. The number of carbonyl (C=O) groups excluding carboxylic acids is 4. The largest absolute Gasteiger partial charge is 0.480 e. The summed E-state index contributed by atoms with van der Waals surface area (Å²) in [7, 11) is 0. The third-order valence-corrected chi connectivity index (χ3v) is 5.25. The molecule has 0 radical (unpaired) electrons. The van der Waals surface area contributed by atoms with Crippen LogP contribution in [0.5, 0.6) is 0 Å². The molecule has 0 aliphatic heterocycles. The summed E-state index contributed by atoms with van der Waals surface area (Å²) in [6.45, 7) is 8.41. The molecule has 0 aliphatic carbocycles. The van der Waals surface area contributed by atoms with Crippen LogP contribution in [0.15, 0.2) is 0 Å². The first kappa shape index (κ1) is 30.3. The van der Waals surface area contributed by atoms with Crippen LogP contribution in [0.25, 0.3) is 0 Å². The monoisotopic (exact) mass is 473 g/mol. The lowest BCUT2D eigenvalue weighted by atomic mass is 9.98. The topological polar surface area (TPSA) is 214 Å². The lowest BCUT2D eigenvalue weighted by molar-refractivity contribution is -0.144. The summed E-state index contributed by atoms with van der Waals surface area (Å²) in [4.78, 5) is 60.8. The Bertz CT molecular complexity index is 698. The SMILES string of the molecule is CCC(C)C(NC(=O)C(CCC(N)=O)NC(=O)C(CC(C)C)NC(=O)C(N)C(C)O)C(=O)O. The molecule has 0 saturated heterocycles. The van der Waals surface area contributed by atoms with Crippen molar-refractivity contribution in [2.75, 3.05) is 0 Å². The van der Waals surface area contributed by atoms with Crippen LogP contribution in [-0.4, -0.2) is 70.1 Å². The maximum absolute atomic E-state index is 12.9. The minimum absolute atomic E-state index is 0.0245. The van der Waals surface area contributed by atoms with Crippen molar-refractivity contribution in [2.24, 2.45) is 23.3 Å². The van der Waals surface area contributed by atoms with E-state index in [1.165, 1.54) is 6.92 Å². The molecule has 12 heteroatoms. The van der Waals surface area contributed by atoms with Crippen molar-refractivity contribution in [1.29, 1.82) is 0 Å². The van der Waals surface area contributed by atoms with E-state index in [0.29, 0.717) is 6.42 Å².